The molecular formula is C9H12N2O2. The van der Waals surface area contributed by atoms with E-state index in [1.54, 1.807) is 25.2 Å². The van der Waals surface area contributed by atoms with E-state index in [2.05, 4.69) is 5.32 Å². The molecule has 4 nitrogen and oxygen atoms in total. The zero-order valence-electron chi connectivity index (χ0n) is 7.63. The maximum absolute atomic E-state index is 11.2. The van der Waals surface area contributed by atoms with Gasteiger partial charge in [0.15, 0.2) is 0 Å². The van der Waals surface area contributed by atoms with Gasteiger partial charge in [-0.05, 0) is 18.2 Å². The van der Waals surface area contributed by atoms with Gasteiger partial charge in [-0.1, -0.05) is 0 Å². The van der Waals surface area contributed by atoms with Crippen LogP contribution in [0.1, 0.15) is 10.4 Å². The maximum Gasteiger partial charge on any atom is 0.251 e. The predicted molar refractivity (Wildman–Crippen MR) is 50.8 cm³/mol. The number of anilines is 1. The molecule has 0 radical (unpaired) electrons. The number of rotatable bonds is 2. The number of methoxy groups -OCH3 is 1. The van der Waals surface area contributed by atoms with Crippen molar-refractivity contribution in [2.24, 2.45) is 0 Å². The minimum atomic E-state index is -0.158. The van der Waals surface area contributed by atoms with E-state index in [9.17, 15) is 4.79 Å². The molecule has 1 aromatic rings. The summed E-state index contributed by atoms with van der Waals surface area (Å²) in [4.78, 5) is 11.2. The zero-order valence-corrected chi connectivity index (χ0v) is 7.63. The normalized spacial score (nSPS) is 9.38. The molecule has 0 aromatic heterocycles. The summed E-state index contributed by atoms with van der Waals surface area (Å²) in [7, 11) is 3.11. The fourth-order valence-electron chi connectivity index (χ4n) is 1.02. The number of ether oxygens (including phenoxy) is 1. The highest BCUT2D eigenvalue weighted by molar-refractivity contribution is 5.95. The van der Waals surface area contributed by atoms with Gasteiger partial charge < -0.3 is 15.8 Å². The monoisotopic (exact) mass is 180 g/mol. The quantitative estimate of drug-likeness (QED) is 0.656. The van der Waals surface area contributed by atoms with Crippen LogP contribution in [0.3, 0.4) is 0 Å². The van der Waals surface area contributed by atoms with Crippen molar-refractivity contribution in [3.63, 3.8) is 0 Å². The predicted octanol–water partition coefficient (Wildman–Crippen LogP) is 0.637. The highest BCUT2D eigenvalue weighted by atomic mass is 16.5. The first-order chi connectivity index (χ1) is 6.19. The number of carbonyl (C=O) groups excluding carboxylic acids is 1. The topological polar surface area (TPSA) is 64.3 Å². The molecule has 0 atom stereocenters. The molecule has 0 aliphatic rings. The zero-order chi connectivity index (χ0) is 9.84. The lowest BCUT2D eigenvalue weighted by atomic mass is 10.2. The van der Waals surface area contributed by atoms with Crippen LogP contribution in [0.25, 0.3) is 0 Å². The molecule has 0 aliphatic carbocycles. The second-order valence-corrected chi connectivity index (χ2v) is 2.54. The number of carbonyl (C=O) groups is 1. The molecule has 0 saturated carbocycles. The number of nitrogens with two attached hydrogens (primary N) is 1. The number of hydrogen-bond acceptors (Lipinski definition) is 3. The summed E-state index contributed by atoms with van der Waals surface area (Å²) in [5.74, 6) is 0.419. The smallest absolute Gasteiger partial charge is 0.251 e. The molecule has 1 rings (SSSR count). The van der Waals surface area contributed by atoms with Gasteiger partial charge in [0.1, 0.15) is 5.75 Å². The number of nitrogen functional groups attached to an aromatic ring is 1. The van der Waals surface area contributed by atoms with E-state index in [1.807, 2.05) is 0 Å². The summed E-state index contributed by atoms with van der Waals surface area (Å²) < 4.78 is 4.96. The van der Waals surface area contributed by atoms with Crippen molar-refractivity contribution < 1.29 is 9.53 Å². The van der Waals surface area contributed by atoms with E-state index < -0.39 is 0 Å². The Balaban J connectivity index is 3.02. The van der Waals surface area contributed by atoms with Crippen molar-refractivity contribution in [3.8, 4) is 5.75 Å². The Labute approximate surface area is 76.7 Å². The van der Waals surface area contributed by atoms with Crippen LogP contribution in [-0.2, 0) is 0 Å². The first-order valence-electron chi connectivity index (χ1n) is 3.84. The second kappa shape index (κ2) is 3.80. The molecule has 13 heavy (non-hydrogen) atoms. The van der Waals surface area contributed by atoms with Crippen LogP contribution in [0.15, 0.2) is 18.2 Å². The molecule has 70 valence electrons. The van der Waals surface area contributed by atoms with E-state index in [1.165, 1.54) is 7.11 Å². The Morgan fingerprint density at radius 3 is 2.69 bits per heavy atom. The summed E-state index contributed by atoms with van der Waals surface area (Å²) >= 11 is 0. The van der Waals surface area contributed by atoms with Crippen LogP contribution in [0.5, 0.6) is 5.75 Å². The lowest BCUT2D eigenvalue weighted by Crippen LogP contribution is -2.17. The van der Waals surface area contributed by atoms with E-state index >= 15 is 0 Å². The van der Waals surface area contributed by atoms with E-state index in [4.69, 9.17) is 10.5 Å². The highest BCUT2D eigenvalue weighted by Crippen LogP contribution is 2.21. The van der Waals surface area contributed by atoms with Crippen molar-refractivity contribution in [1.82, 2.24) is 5.32 Å². The lowest BCUT2D eigenvalue weighted by Gasteiger charge is -2.05. The Hall–Kier alpha value is -1.71. The summed E-state index contributed by atoms with van der Waals surface area (Å²) in [5, 5.41) is 2.51. The third-order valence-corrected chi connectivity index (χ3v) is 1.72. The summed E-state index contributed by atoms with van der Waals surface area (Å²) in [6.07, 6.45) is 0. The van der Waals surface area contributed by atoms with Crippen molar-refractivity contribution in [2.75, 3.05) is 19.9 Å². The molecule has 0 bridgehead atoms. The van der Waals surface area contributed by atoms with Crippen LogP contribution < -0.4 is 15.8 Å². The molecule has 0 heterocycles. The van der Waals surface area contributed by atoms with Crippen LogP contribution in [0.2, 0.25) is 0 Å². The Morgan fingerprint density at radius 2 is 2.23 bits per heavy atom. The fourth-order valence-corrected chi connectivity index (χ4v) is 1.02. The summed E-state index contributed by atoms with van der Waals surface area (Å²) in [5.41, 5.74) is 6.61. The molecular weight excluding hydrogens is 168 g/mol. The minimum absolute atomic E-state index is 0.158. The van der Waals surface area contributed by atoms with Crippen molar-refractivity contribution in [1.29, 1.82) is 0 Å². The van der Waals surface area contributed by atoms with Gasteiger partial charge in [-0.3, -0.25) is 4.79 Å². The van der Waals surface area contributed by atoms with Crippen molar-refractivity contribution in [2.45, 2.75) is 0 Å². The van der Waals surface area contributed by atoms with E-state index in [0.717, 1.165) is 0 Å². The van der Waals surface area contributed by atoms with E-state index in [0.29, 0.717) is 17.0 Å². The van der Waals surface area contributed by atoms with Gasteiger partial charge in [-0.15, -0.1) is 0 Å². The average molecular weight is 180 g/mol. The third-order valence-electron chi connectivity index (χ3n) is 1.72. The largest absolute Gasteiger partial charge is 0.495 e. The minimum Gasteiger partial charge on any atom is -0.495 e. The number of nitrogens with one attached hydrogen (secondary N) is 1. The average Bonchev–Trinajstić information content (AvgIpc) is 2.16. The van der Waals surface area contributed by atoms with Gasteiger partial charge in [0, 0.05) is 12.6 Å². The summed E-state index contributed by atoms with van der Waals surface area (Å²) in [6.45, 7) is 0. The summed E-state index contributed by atoms with van der Waals surface area (Å²) in [6, 6.07) is 4.91. The Kier molecular flexibility index (Phi) is 2.74. The second-order valence-electron chi connectivity index (χ2n) is 2.54. The van der Waals surface area contributed by atoms with E-state index in [-0.39, 0.29) is 5.91 Å². The van der Waals surface area contributed by atoms with Crippen LogP contribution >= 0.6 is 0 Å². The first-order valence-corrected chi connectivity index (χ1v) is 3.84. The number of benzene rings is 1. The van der Waals surface area contributed by atoms with Crippen molar-refractivity contribution >= 4 is 11.6 Å². The van der Waals surface area contributed by atoms with Gasteiger partial charge >= 0.3 is 0 Å². The molecule has 4 heteroatoms. The molecule has 1 aromatic carbocycles. The Bertz CT molecular complexity index is 323. The molecule has 1 amide bonds. The molecule has 0 fully saturated rings. The van der Waals surface area contributed by atoms with Gasteiger partial charge in [0.2, 0.25) is 0 Å². The van der Waals surface area contributed by atoms with Crippen molar-refractivity contribution in [3.05, 3.63) is 23.8 Å². The highest BCUT2D eigenvalue weighted by Gasteiger charge is 2.05. The first kappa shape index (κ1) is 9.38. The third kappa shape index (κ3) is 1.90. The molecule has 0 aliphatic heterocycles. The fraction of sp³-hybridized carbons (Fsp3) is 0.222. The molecule has 0 spiro atoms. The standard InChI is InChI=1S/C9H12N2O2/c1-11-9(12)6-3-4-8(13-2)7(10)5-6/h3-5H,10H2,1-2H3,(H,11,12). The lowest BCUT2D eigenvalue weighted by molar-refractivity contribution is 0.0963. The van der Waals surface area contributed by atoms with Gasteiger partial charge in [-0.2, -0.15) is 0 Å². The number of hydrogen-bond donors (Lipinski definition) is 2. The van der Waals surface area contributed by atoms with Gasteiger partial charge in [-0.25, -0.2) is 0 Å². The maximum atomic E-state index is 11.2. The van der Waals surface area contributed by atoms with Crippen LogP contribution in [0, 0.1) is 0 Å². The Morgan fingerprint density at radius 1 is 1.54 bits per heavy atom. The molecule has 0 unspecified atom stereocenters. The van der Waals surface area contributed by atoms with Crippen LogP contribution in [0.4, 0.5) is 5.69 Å². The van der Waals surface area contributed by atoms with Gasteiger partial charge in [0.25, 0.3) is 5.91 Å². The number of amides is 1. The molecule has 0 saturated heterocycles. The van der Waals surface area contributed by atoms with Gasteiger partial charge in [0.05, 0.1) is 12.8 Å². The van der Waals surface area contributed by atoms with Crippen LogP contribution in [-0.4, -0.2) is 20.1 Å². The molecule has 3 N–H and O–H groups in total. The SMILES string of the molecule is CNC(=O)c1ccc(OC)c(N)c1.